The van der Waals surface area contributed by atoms with Crippen LogP contribution in [-0.4, -0.2) is 11.0 Å². The van der Waals surface area contributed by atoms with Gasteiger partial charge < -0.3 is 10.6 Å². The van der Waals surface area contributed by atoms with Crippen LogP contribution < -0.4 is 10.6 Å². The molecule has 0 saturated heterocycles. The van der Waals surface area contributed by atoms with E-state index in [2.05, 4.69) is 15.6 Å². The molecule has 0 aliphatic carbocycles. The van der Waals surface area contributed by atoms with Gasteiger partial charge in [0.25, 0.3) is 0 Å². The van der Waals surface area contributed by atoms with Gasteiger partial charge in [-0.15, -0.1) is 22.7 Å². The molecule has 0 spiro atoms. The number of thiophene rings is 1. The molecule has 9 heteroatoms. The van der Waals surface area contributed by atoms with Gasteiger partial charge in [0.15, 0.2) is 0 Å². The van der Waals surface area contributed by atoms with Gasteiger partial charge in [-0.2, -0.15) is 13.2 Å². The molecular weight excluding hydrogens is 383 g/mol. The summed E-state index contributed by atoms with van der Waals surface area (Å²) in [5.74, 6) is 0. The monoisotopic (exact) mass is 397 g/mol. The van der Waals surface area contributed by atoms with Crippen LogP contribution in [-0.2, 0) is 12.7 Å². The Morgan fingerprint density at radius 2 is 1.96 bits per heavy atom. The maximum Gasteiger partial charge on any atom is 0.418 e. The van der Waals surface area contributed by atoms with Gasteiger partial charge in [-0.3, -0.25) is 0 Å². The smallest absolute Gasteiger partial charge is 0.333 e. The lowest BCUT2D eigenvalue weighted by Gasteiger charge is -2.13. The topological polar surface area (TPSA) is 54.0 Å². The number of nitrogens with zero attached hydrogens (tertiary/aromatic N) is 1. The maximum atomic E-state index is 13.0. The number of halogens is 3. The Morgan fingerprint density at radius 1 is 1.19 bits per heavy atom. The number of hydrogen-bond acceptors (Lipinski definition) is 4. The number of anilines is 1. The Hall–Kier alpha value is -2.39. The molecule has 2 aromatic heterocycles. The largest absolute Gasteiger partial charge is 0.418 e. The van der Waals surface area contributed by atoms with Crippen LogP contribution >= 0.6 is 22.7 Å². The number of aryl methyl sites for hydroxylation is 1. The van der Waals surface area contributed by atoms with Crippen LogP contribution in [0.3, 0.4) is 0 Å². The maximum absolute atomic E-state index is 13.0. The van der Waals surface area contributed by atoms with Crippen molar-refractivity contribution in [3.8, 4) is 9.88 Å². The third-order valence-corrected chi connectivity index (χ3v) is 5.71. The van der Waals surface area contributed by atoms with Crippen molar-refractivity contribution >= 4 is 34.4 Å². The van der Waals surface area contributed by atoms with Gasteiger partial charge in [0.1, 0.15) is 5.01 Å². The molecule has 2 heterocycles. The normalized spacial score (nSPS) is 11.4. The highest BCUT2D eigenvalue weighted by Crippen LogP contribution is 2.34. The van der Waals surface area contributed by atoms with Gasteiger partial charge in [0.2, 0.25) is 0 Å². The summed E-state index contributed by atoms with van der Waals surface area (Å²) in [6, 6.07) is 8.05. The Kier molecular flexibility index (Phi) is 5.28. The Bertz CT molecular complexity index is 904. The molecule has 0 aliphatic heterocycles. The fraction of sp³-hybridized carbons (Fsp3) is 0.176. The van der Waals surface area contributed by atoms with E-state index in [1.54, 1.807) is 11.3 Å². The zero-order valence-corrected chi connectivity index (χ0v) is 15.2. The highest BCUT2D eigenvalue weighted by molar-refractivity contribution is 7.21. The predicted octanol–water partition coefficient (Wildman–Crippen LogP) is 5.52. The van der Waals surface area contributed by atoms with E-state index < -0.39 is 17.8 Å². The lowest BCUT2D eigenvalue weighted by atomic mass is 10.1. The number of alkyl halides is 3. The number of carbonyl (C=O) groups excluding carboxylic acids is 1. The van der Waals surface area contributed by atoms with Crippen molar-refractivity contribution < 1.29 is 18.0 Å². The van der Waals surface area contributed by atoms with E-state index in [1.807, 2.05) is 24.4 Å². The molecule has 0 bridgehead atoms. The second-order valence-corrected chi connectivity index (χ2v) is 7.39. The van der Waals surface area contributed by atoms with E-state index in [-0.39, 0.29) is 12.2 Å². The quantitative estimate of drug-likeness (QED) is 0.609. The van der Waals surface area contributed by atoms with Gasteiger partial charge in [-0.25, -0.2) is 9.78 Å². The van der Waals surface area contributed by atoms with E-state index in [1.165, 1.54) is 29.5 Å². The number of rotatable bonds is 4. The standard InChI is InChI=1S/C17H14F3N3OS2/c1-10-14(26-15(22-10)13-7-4-8-25-13)9-21-16(24)23-12-6-3-2-5-11(12)17(18,19)20/h2-8H,9H2,1H3,(H2,21,23,24). The van der Waals surface area contributed by atoms with Gasteiger partial charge >= 0.3 is 12.2 Å². The number of nitrogens with one attached hydrogen (secondary N) is 2. The third-order valence-electron chi connectivity index (χ3n) is 3.51. The Balaban J connectivity index is 1.66. The van der Waals surface area contributed by atoms with E-state index in [0.29, 0.717) is 0 Å². The van der Waals surface area contributed by atoms with Crippen LogP contribution in [0.5, 0.6) is 0 Å². The number of aromatic nitrogens is 1. The minimum atomic E-state index is -4.53. The molecule has 26 heavy (non-hydrogen) atoms. The highest BCUT2D eigenvalue weighted by atomic mass is 32.1. The lowest BCUT2D eigenvalue weighted by molar-refractivity contribution is -0.136. The molecule has 0 unspecified atom stereocenters. The molecule has 1 aromatic carbocycles. The van der Waals surface area contributed by atoms with Crippen molar-refractivity contribution in [3.05, 3.63) is 57.9 Å². The number of amides is 2. The zero-order valence-electron chi connectivity index (χ0n) is 13.6. The number of benzene rings is 1. The first-order valence-corrected chi connectivity index (χ1v) is 9.25. The molecule has 136 valence electrons. The van der Waals surface area contributed by atoms with Crippen LogP contribution in [0.25, 0.3) is 9.88 Å². The lowest BCUT2D eigenvalue weighted by Crippen LogP contribution is -2.29. The first-order chi connectivity index (χ1) is 12.3. The number of hydrogen-bond donors (Lipinski definition) is 2. The predicted molar refractivity (Wildman–Crippen MR) is 97.5 cm³/mol. The first-order valence-electron chi connectivity index (χ1n) is 7.56. The van der Waals surface area contributed by atoms with Crippen molar-refractivity contribution in [1.82, 2.24) is 10.3 Å². The van der Waals surface area contributed by atoms with Crippen LogP contribution in [0.1, 0.15) is 16.1 Å². The van der Waals surface area contributed by atoms with Crippen molar-refractivity contribution in [1.29, 1.82) is 0 Å². The summed E-state index contributed by atoms with van der Waals surface area (Å²) >= 11 is 3.02. The van der Waals surface area contributed by atoms with Crippen molar-refractivity contribution in [3.63, 3.8) is 0 Å². The minimum Gasteiger partial charge on any atom is -0.333 e. The number of para-hydroxylation sites is 1. The van der Waals surface area contributed by atoms with Gasteiger partial charge in [-0.05, 0) is 30.5 Å². The number of urea groups is 1. The molecule has 0 saturated carbocycles. The molecule has 2 amide bonds. The van der Waals surface area contributed by atoms with E-state index in [9.17, 15) is 18.0 Å². The summed E-state index contributed by atoms with van der Waals surface area (Å²) in [4.78, 5) is 18.4. The third kappa shape index (κ3) is 4.23. The van der Waals surface area contributed by atoms with Crippen molar-refractivity contribution in [2.45, 2.75) is 19.6 Å². The SMILES string of the molecule is Cc1nc(-c2cccs2)sc1CNC(=O)Nc1ccccc1C(F)(F)F. The number of carbonyl (C=O) groups is 1. The van der Waals surface area contributed by atoms with Gasteiger partial charge in [-0.1, -0.05) is 18.2 Å². The van der Waals surface area contributed by atoms with E-state index in [0.717, 1.165) is 26.5 Å². The molecule has 3 rings (SSSR count). The van der Waals surface area contributed by atoms with Crippen molar-refractivity contribution in [2.24, 2.45) is 0 Å². The fourth-order valence-electron chi connectivity index (χ4n) is 2.26. The van der Waals surface area contributed by atoms with Crippen molar-refractivity contribution in [2.75, 3.05) is 5.32 Å². The van der Waals surface area contributed by atoms with E-state index >= 15 is 0 Å². The van der Waals surface area contributed by atoms with Crippen LogP contribution in [0.2, 0.25) is 0 Å². The molecule has 0 aliphatic rings. The average Bonchev–Trinajstić information content (AvgIpc) is 3.22. The Labute approximate surface area is 155 Å². The summed E-state index contributed by atoms with van der Waals surface area (Å²) in [5, 5.41) is 7.65. The zero-order chi connectivity index (χ0) is 18.7. The molecule has 0 atom stereocenters. The van der Waals surface area contributed by atoms with Gasteiger partial charge in [0, 0.05) is 4.88 Å². The number of thiazole rings is 1. The van der Waals surface area contributed by atoms with Crippen LogP contribution in [0.4, 0.5) is 23.7 Å². The summed E-state index contributed by atoms with van der Waals surface area (Å²) in [5.41, 5.74) is -0.378. The summed E-state index contributed by atoms with van der Waals surface area (Å²) in [7, 11) is 0. The summed E-state index contributed by atoms with van der Waals surface area (Å²) in [6.45, 7) is 2.02. The average molecular weight is 397 g/mol. The molecule has 0 fully saturated rings. The second-order valence-electron chi connectivity index (χ2n) is 5.36. The fourth-order valence-corrected chi connectivity index (χ4v) is 4.06. The molecule has 4 nitrogen and oxygen atoms in total. The molecule has 2 N–H and O–H groups in total. The van der Waals surface area contributed by atoms with Crippen LogP contribution in [0, 0.1) is 6.92 Å². The van der Waals surface area contributed by atoms with Gasteiger partial charge in [0.05, 0.1) is 28.4 Å². The molecule has 0 radical (unpaired) electrons. The summed E-state index contributed by atoms with van der Waals surface area (Å²) in [6.07, 6.45) is -4.53. The second kappa shape index (κ2) is 7.46. The minimum absolute atomic E-state index is 0.189. The van der Waals surface area contributed by atoms with E-state index in [4.69, 9.17) is 0 Å². The Morgan fingerprint density at radius 3 is 2.65 bits per heavy atom. The first kappa shape index (κ1) is 18.4. The molecular formula is C17H14F3N3OS2. The molecule has 3 aromatic rings. The highest BCUT2D eigenvalue weighted by Gasteiger charge is 2.33. The van der Waals surface area contributed by atoms with Crippen LogP contribution in [0.15, 0.2) is 41.8 Å². The summed E-state index contributed by atoms with van der Waals surface area (Å²) < 4.78 is 38.9.